The summed E-state index contributed by atoms with van der Waals surface area (Å²) in [5, 5.41) is 0. The molecule has 0 fully saturated rings. The zero-order valence-electron chi connectivity index (χ0n) is 7.77. The van der Waals surface area contributed by atoms with Gasteiger partial charge in [-0.1, -0.05) is 36.4 Å². The van der Waals surface area contributed by atoms with Crippen LogP contribution in [0.4, 0.5) is 0 Å². The van der Waals surface area contributed by atoms with Crippen LogP contribution in [0.3, 0.4) is 0 Å². The van der Waals surface area contributed by atoms with E-state index in [9.17, 15) is 0 Å². The molecule has 1 atom stereocenters. The first-order valence-corrected chi connectivity index (χ1v) is 4.55. The number of rotatable bonds is 2. The molecule has 0 radical (unpaired) electrons. The first-order valence-electron chi connectivity index (χ1n) is 4.55. The second kappa shape index (κ2) is 3.17. The molecule has 0 saturated carbocycles. The van der Waals surface area contributed by atoms with Crippen LogP contribution in [0.2, 0.25) is 0 Å². The van der Waals surface area contributed by atoms with Crippen LogP contribution >= 0.6 is 0 Å². The van der Waals surface area contributed by atoms with Crippen LogP contribution in [0.15, 0.2) is 47.5 Å². The highest BCUT2D eigenvalue weighted by Gasteiger charge is 2.21. The predicted molar refractivity (Wildman–Crippen MR) is 56.2 cm³/mol. The van der Waals surface area contributed by atoms with E-state index in [1.807, 2.05) is 18.4 Å². The third kappa shape index (κ3) is 1.86. The first kappa shape index (κ1) is 8.24. The third-order valence-electron chi connectivity index (χ3n) is 2.32. The molecule has 0 spiro atoms. The van der Waals surface area contributed by atoms with E-state index in [0.717, 1.165) is 6.42 Å². The van der Waals surface area contributed by atoms with E-state index in [-0.39, 0.29) is 5.54 Å². The fourth-order valence-corrected chi connectivity index (χ4v) is 1.62. The molecule has 1 nitrogen and oxygen atoms in total. The standard InChI is InChI=1S/C12H13N/c1-12(8-5-9-13-12)10-11-6-3-2-4-7-11/h2-9H,10H2,1H3. The molecule has 0 aliphatic carbocycles. The van der Waals surface area contributed by atoms with Crippen molar-refractivity contribution >= 4 is 6.21 Å². The molecule has 1 heterocycles. The Morgan fingerprint density at radius 3 is 2.62 bits per heavy atom. The summed E-state index contributed by atoms with van der Waals surface area (Å²) in [7, 11) is 0. The molecule has 1 aliphatic rings. The van der Waals surface area contributed by atoms with E-state index in [1.165, 1.54) is 5.56 Å². The Morgan fingerprint density at radius 1 is 1.23 bits per heavy atom. The van der Waals surface area contributed by atoms with Crippen LogP contribution in [0.25, 0.3) is 0 Å². The summed E-state index contributed by atoms with van der Waals surface area (Å²) in [4.78, 5) is 4.43. The summed E-state index contributed by atoms with van der Waals surface area (Å²) in [6, 6.07) is 10.5. The van der Waals surface area contributed by atoms with Crippen molar-refractivity contribution in [3.63, 3.8) is 0 Å². The highest BCUT2D eigenvalue weighted by Crippen LogP contribution is 2.21. The fourth-order valence-electron chi connectivity index (χ4n) is 1.62. The molecule has 1 aromatic carbocycles. The molecule has 66 valence electrons. The van der Waals surface area contributed by atoms with Gasteiger partial charge >= 0.3 is 0 Å². The molecule has 13 heavy (non-hydrogen) atoms. The molecule has 2 rings (SSSR count). The van der Waals surface area contributed by atoms with Gasteiger partial charge in [-0.15, -0.1) is 0 Å². The Bertz CT molecular complexity index is 323. The molecule has 0 saturated heterocycles. The smallest absolute Gasteiger partial charge is 0.0803 e. The van der Waals surface area contributed by atoms with Gasteiger partial charge in [0.15, 0.2) is 0 Å². The van der Waals surface area contributed by atoms with Crippen LogP contribution in [0.5, 0.6) is 0 Å². The van der Waals surface area contributed by atoms with Crippen molar-refractivity contribution in [3.8, 4) is 0 Å². The zero-order valence-corrected chi connectivity index (χ0v) is 7.77. The minimum Gasteiger partial charge on any atom is -0.282 e. The Morgan fingerprint density at radius 2 is 2.00 bits per heavy atom. The molecule has 0 amide bonds. The summed E-state index contributed by atoms with van der Waals surface area (Å²) < 4.78 is 0. The number of nitrogens with zero attached hydrogens (tertiary/aromatic N) is 1. The summed E-state index contributed by atoms with van der Waals surface area (Å²) in [5.74, 6) is 0. The van der Waals surface area contributed by atoms with E-state index < -0.39 is 0 Å². The van der Waals surface area contributed by atoms with E-state index in [4.69, 9.17) is 0 Å². The van der Waals surface area contributed by atoms with Gasteiger partial charge in [0, 0.05) is 12.6 Å². The van der Waals surface area contributed by atoms with Crippen molar-refractivity contribution in [2.75, 3.05) is 0 Å². The number of benzene rings is 1. The Hall–Kier alpha value is -1.37. The molecule has 1 unspecified atom stereocenters. The fraction of sp³-hybridized carbons (Fsp3) is 0.250. The van der Waals surface area contributed by atoms with Crippen molar-refractivity contribution in [2.24, 2.45) is 4.99 Å². The molecular weight excluding hydrogens is 158 g/mol. The minimum absolute atomic E-state index is 0.0125. The second-order valence-electron chi connectivity index (χ2n) is 3.66. The highest BCUT2D eigenvalue weighted by molar-refractivity contribution is 5.75. The largest absolute Gasteiger partial charge is 0.282 e. The Labute approximate surface area is 78.8 Å². The van der Waals surface area contributed by atoms with Crippen molar-refractivity contribution in [2.45, 2.75) is 18.9 Å². The lowest BCUT2D eigenvalue weighted by Gasteiger charge is -2.17. The molecule has 0 aromatic heterocycles. The van der Waals surface area contributed by atoms with Gasteiger partial charge in [0.25, 0.3) is 0 Å². The van der Waals surface area contributed by atoms with E-state index in [2.05, 4.69) is 42.3 Å². The van der Waals surface area contributed by atoms with Gasteiger partial charge in [-0.25, -0.2) is 0 Å². The van der Waals surface area contributed by atoms with Crippen molar-refractivity contribution in [1.82, 2.24) is 0 Å². The van der Waals surface area contributed by atoms with E-state index >= 15 is 0 Å². The molecule has 0 bridgehead atoms. The number of hydrogen-bond donors (Lipinski definition) is 0. The van der Waals surface area contributed by atoms with Crippen LogP contribution < -0.4 is 0 Å². The normalized spacial score (nSPS) is 25.3. The quantitative estimate of drug-likeness (QED) is 0.648. The summed E-state index contributed by atoms with van der Waals surface area (Å²) in [5.41, 5.74) is 1.33. The minimum atomic E-state index is -0.0125. The average Bonchev–Trinajstić information content (AvgIpc) is 2.54. The summed E-state index contributed by atoms with van der Waals surface area (Å²) in [6.07, 6.45) is 7.03. The SMILES string of the molecule is CC1(Cc2ccccc2)C=CC=N1. The van der Waals surface area contributed by atoms with Gasteiger partial charge in [-0.05, 0) is 18.6 Å². The van der Waals surface area contributed by atoms with E-state index in [1.54, 1.807) is 0 Å². The maximum atomic E-state index is 4.43. The number of allylic oxidation sites excluding steroid dienone is 1. The van der Waals surface area contributed by atoms with Gasteiger partial charge in [-0.2, -0.15) is 0 Å². The predicted octanol–water partition coefficient (Wildman–Crippen LogP) is 2.63. The second-order valence-corrected chi connectivity index (χ2v) is 3.66. The lowest BCUT2D eigenvalue weighted by Crippen LogP contribution is -2.19. The Balaban J connectivity index is 2.15. The van der Waals surface area contributed by atoms with Crippen molar-refractivity contribution in [1.29, 1.82) is 0 Å². The third-order valence-corrected chi connectivity index (χ3v) is 2.32. The summed E-state index contributed by atoms with van der Waals surface area (Å²) >= 11 is 0. The number of aliphatic imine (C=N–C) groups is 1. The molecular formula is C12H13N. The number of hydrogen-bond acceptors (Lipinski definition) is 1. The van der Waals surface area contributed by atoms with Crippen LogP contribution in [0.1, 0.15) is 12.5 Å². The molecule has 0 N–H and O–H groups in total. The lowest BCUT2D eigenvalue weighted by molar-refractivity contribution is 0.596. The maximum absolute atomic E-state index is 4.43. The van der Waals surface area contributed by atoms with Gasteiger partial charge < -0.3 is 0 Å². The monoisotopic (exact) mass is 171 g/mol. The Kier molecular flexibility index (Phi) is 2.01. The molecule has 1 heteroatoms. The zero-order chi connectivity index (χ0) is 9.15. The maximum Gasteiger partial charge on any atom is 0.0803 e. The molecule has 1 aliphatic heterocycles. The van der Waals surface area contributed by atoms with Gasteiger partial charge in [0.1, 0.15) is 0 Å². The first-order chi connectivity index (χ1) is 6.29. The van der Waals surface area contributed by atoms with Crippen molar-refractivity contribution in [3.05, 3.63) is 48.0 Å². The molecule has 1 aromatic rings. The van der Waals surface area contributed by atoms with Gasteiger partial charge in [-0.3, -0.25) is 4.99 Å². The van der Waals surface area contributed by atoms with Crippen LogP contribution in [0, 0.1) is 0 Å². The van der Waals surface area contributed by atoms with E-state index in [0.29, 0.717) is 0 Å². The van der Waals surface area contributed by atoms with Crippen molar-refractivity contribution < 1.29 is 0 Å². The lowest BCUT2D eigenvalue weighted by atomic mass is 9.94. The summed E-state index contributed by atoms with van der Waals surface area (Å²) in [6.45, 7) is 2.15. The highest BCUT2D eigenvalue weighted by atomic mass is 14.8. The topological polar surface area (TPSA) is 12.4 Å². The van der Waals surface area contributed by atoms with Crippen LogP contribution in [-0.2, 0) is 6.42 Å². The van der Waals surface area contributed by atoms with Gasteiger partial charge in [0.05, 0.1) is 5.54 Å². The average molecular weight is 171 g/mol. The van der Waals surface area contributed by atoms with Crippen LogP contribution in [-0.4, -0.2) is 11.8 Å². The van der Waals surface area contributed by atoms with Gasteiger partial charge in [0.2, 0.25) is 0 Å².